The van der Waals surface area contributed by atoms with Crippen LogP contribution in [-0.2, 0) is 28.6 Å². The molecule has 0 spiro atoms. The lowest BCUT2D eigenvalue weighted by Crippen LogP contribution is -2.30. The van der Waals surface area contributed by atoms with Crippen LogP contribution in [-0.4, -0.2) is 37.2 Å². The summed E-state index contributed by atoms with van der Waals surface area (Å²) in [5, 5.41) is 0. The molecule has 0 radical (unpaired) electrons. The van der Waals surface area contributed by atoms with E-state index in [0.717, 1.165) is 89.9 Å². The summed E-state index contributed by atoms with van der Waals surface area (Å²) in [6.07, 6.45) is 83.9. The lowest BCUT2D eigenvalue weighted by Gasteiger charge is -2.18. The fourth-order valence-electron chi connectivity index (χ4n) is 9.53. The highest BCUT2D eigenvalue weighted by atomic mass is 16.6. The highest BCUT2D eigenvalue weighted by molar-refractivity contribution is 5.71. The van der Waals surface area contributed by atoms with Gasteiger partial charge in [-0.15, -0.1) is 0 Å². The Morgan fingerprint density at radius 3 is 0.816 bits per heavy atom. The van der Waals surface area contributed by atoms with Crippen LogP contribution >= 0.6 is 0 Å². The molecule has 0 amide bonds. The number of carbonyl (C=O) groups is 3. The summed E-state index contributed by atoms with van der Waals surface area (Å²) >= 11 is 0. The predicted octanol–water partition coefficient (Wildman–Crippen LogP) is 22.5. The van der Waals surface area contributed by atoms with Gasteiger partial charge in [0.2, 0.25) is 0 Å². The van der Waals surface area contributed by atoms with Gasteiger partial charge >= 0.3 is 17.9 Å². The minimum atomic E-state index is -0.771. The Kier molecular flexibility index (Phi) is 61.7. The molecule has 0 fully saturated rings. The van der Waals surface area contributed by atoms with E-state index >= 15 is 0 Å². The number of hydrogen-bond acceptors (Lipinski definition) is 6. The fraction of sp³-hybridized carbons (Fsp3) is 0.786. The first-order valence-corrected chi connectivity index (χ1v) is 32.9. The van der Waals surface area contributed by atoms with Crippen molar-refractivity contribution in [3.05, 3.63) is 72.9 Å². The summed E-state index contributed by atoms with van der Waals surface area (Å²) in [4.78, 5) is 38.0. The van der Waals surface area contributed by atoms with Crippen molar-refractivity contribution < 1.29 is 28.6 Å². The number of allylic oxidation sites excluding steroid dienone is 12. The van der Waals surface area contributed by atoms with E-state index in [0.29, 0.717) is 19.3 Å². The van der Waals surface area contributed by atoms with Crippen LogP contribution in [0.3, 0.4) is 0 Å². The minimum Gasteiger partial charge on any atom is -0.462 e. The molecule has 0 bridgehead atoms. The average Bonchev–Trinajstić information content (AvgIpc) is 3.42. The first-order valence-electron chi connectivity index (χ1n) is 32.9. The van der Waals surface area contributed by atoms with Crippen molar-refractivity contribution in [1.29, 1.82) is 0 Å². The normalized spacial score (nSPS) is 12.5. The van der Waals surface area contributed by atoms with Crippen molar-refractivity contribution in [2.24, 2.45) is 0 Å². The maximum absolute atomic E-state index is 12.8. The van der Waals surface area contributed by atoms with Gasteiger partial charge in [0.1, 0.15) is 13.2 Å². The third-order valence-electron chi connectivity index (χ3n) is 14.4. The maximum Gasteiger partial charge on any atom is 0.306 e. The molecule has 0 aromatic carbocycles. The van der Waals surface area contributed by atoms with Crippen molar-refractivity contribution in [1.82, 2.24) is 0 Å². The quantitative estimate of drug-likeness (QED) is 0.0261. The SMILES string of the molecule is CC/C=C\C/C=C\C/C=C\C/C=C\C/C=C\CCCCCCCCCCCCCCCCCCCC(=O)OCC(COC(=O)CCCCCCCC)OC(=O)CCCCCCCCCCC/C=C\CCCCCCCC. The van der Waals surface area contributed by atoms with Crippen molar-refractivity contribution in [3.63, 3.8) is 0 Å². The monoisotopic (exact) mass is 1060 g/mol. The van der Waals surface area contributed by atoms with Gasteiger partial charge in [0, 0.05) is 19.3 Å². The molecule has 0 aliphatic rings. The largest absolute Gasteiger partial charge is 0.462 e. The highest BCUT2D eigenvalue weighted by Crippen LogP contribution is 2.17. The molecule has 0 saturated heterocycles. The van der Waals surface area contributed by atoms with E-state index < -0.39 is 6.10 Å². The molecule has 6 nitrogen and oxygen atoms in total. The van der Waals surface area contributed by atoms with E-state index in [1.165, 1.54) is 205 Å². The van der Waals surface area contributed by atoms with Gasteiger partial charge in [-0.25, -0.2) is 0 Å². The third-order valence-corrected chi connectivity index (χ3v) is 14.4. The second-order valence-corrected chi connectivity index (χ2v) is 22.0. The minimum absolute atomic E-state index is 0.0716. The first-order chi connectivity index (χ1) is 37.5. The van der Waals surface area contributed by atoms with Crippen LogP contribution in [0.4, 0.5) is 0 Å². The van der Waals surface area contributed by atoms with Crippen LogP contribution < -0.4 is 0 Å². The zero-order valence-electron chi connectivity index (χ0n) is 50.5. The van der Waals surface area contributed by atoms with Crippen molar-refractivity contribution in [3.8, 4) is 0 Å². The number of ether oxygens (including phenoxy) is 3. The lowest BCUT2D eigenvalue weighted by molar-refractivity contribution is -0.167. The van der Waals surface area contributed by atoms with Gasteiger partial charge in [-0.05, 0) is 89.9 Å². The van der Waals surface area contributed by atoms with Crippen LogP contribution in [0.25, 0.3) is 0 Å². The fourth-order valence-corrected chi connectivity index (χ4v) is 9.53. The first kappa shape index (κ1) is 72.8. The molecular formula is C70H124O6. The summed E-state index contributed by atoms with van der Waals surface area (Å²) in [6.45, 7) is 6.50. The summed E-state index contributed by atoms with van der Waals surface area (Å²) in [6, 6.07) is 0. The molecule has 0 aliphatic carbocycles. The molecular weight excluding hydrogens is 937 g/mol. The number of hydrogen-bond donors (Lipinski definition) is 0. The van der Waals surface area contributed by atoms with Gasteiger partial charge in [-0.1, -0.05) is 299 Å². The smallest absolute Gasteiger partial charge is 0.306 e. The molecule has 76 heavy (non-hydrogen) atoms. The number of carbonyl (C=O) groups excluding carboxylic acids is 3. The molecule has 440 valence electrons. The zero-order valence-corrected chi connectivity index (χ0v) is 50.5. The van der Waals surface area contributed by atoms with E-state index in [2.05, 4.69) is 93.7 Å². The van der Waals surface area contributed by atoms with Gasteiger partial charge in [0.25, 0.3) is 0 Å². The van der Waals surface area contributed by atoms with Gasteiger partial charge in [0.05, 0.1) is 0 Å². The van der Waals surface area contributed by atoms with Gasteiger partial charge in [0.15, 0.2) is 6.10 Å². The van der Waals surface area contributed by atoms with E-state index in [-0.39, 0.29) is 31.1 Å². The molecule has 1 atom stereocenters. The third kappa shape index (κ3) is 61.7. The molecule has 0 aromatic rings. The molecule has 0 rings (SSSR count). The number of unbranched alkanes of at least 4 members (excludes halogenated alkanes) is 37. The van der Waals surface area contributed by atoms with E-state index in [9.17, 15) is 14.4 Å². The number of rotatable bonds is 60. The van der Waals surface area contributed by atoms with E-state index in [4.69, 9.17) is 14.2 Å². The van der Waals surface area contributed by atoms with Crippen LogP contribution in [0.1, 0.15) is 335 Å². The molecule has 0 heterocycles. The number of esters is 3. The topological polar surface area (TPSA) is 78.9 Å². The second kappa shape index (κ2) is 64.4. The Hall–Kier alpha value is -3.15. The van der Waals surface area contributed by atoms with Crippen molar-refractivity contribution in [2.75, 3.05) is 13.2 Å². The average molecular weight is 1060 g/mol. The van der Waals surface area contributed by atoms with Crippen molar-refractivity contribution in [2.45, 2.75) is 341 Å². The van der Waals surface area contributed by atoms with Crippen molar-refractivity contribution >= 4 is 17.9 Å². The molecule has 6 heteroatoms. The molecule has 0 N–H and O–H groups in total. The summed E-state index contributed by atoms with van der Waals surface area (Å²) in [5.74, 6) is -0.867. The second-order valence-electron chi connectivity index (χ2n) is 22.0. The van der Waals surface area contributed by atoms with Crippen LogP contribution in [0.5, 0.6) is 0 Å². The maximum atomic E-state index is 12.8. The standard InChI is InChI=1S/C70H124O6/c1-4-7-10-13-16-18-20-22-24-26-28-29-30-31-32-33-34-35-36-37-38-39-40-41-43-44-46-48-50-52-54-57-60-63-69(72)75-66-67(65-74-68(71)62-59-56-15-12-9-6-3)76-70(73)64-61-58-55-53-51-49-47-45-42-27-25-23-21-19-17-14-11-8-5-2/h7,10,16,18,22-25,28-29,31-32,67H,4-6,8-9,11-15,17,19-21,26-27,30,33-66H2,1-3H3/b10-7-,18-16-,24-22-,25-23-,29-28-,32-31-. The van der Waals surface area contributed by atoms with Gasteiger partial charge < -0.3 is 14.2 Å². The summed E-state index contributed by atoms with van der Waals surface area (Å²) < 4.78 is 16.8. The highest BCUT2D eigenvalue weighted by Gasteiger charge is 2.19. The Labute approximate surface area is 472 Å². The van der Waals surface area contributed by atoms with Gasteiger partial charge in [-0.3, -0.25) is 14.4 Å². The molecule has 1 unspecified atom stereocenters. The Morgan fingerprint density at radius 1 is 0.276 bits per heavy atom. The van der Waals surface area contributed by atoms with E-state index in [1.807, 2.05) is 0 Å². The lowest BCUT2D eigenvalue weighted by atomic mass is 10.0. The van der Waals surface area contributed by atoms with Crippen LogP contribution in [0.2, 0.25) is 0 Å². The van der Waals surface area contributed by atoms with Gasteiger partial charge in [-0.2, -0.15) is 0 Å². The van der Waals surface area contributed by atoms with E-state index in [1.54, 1.807) is 0 Å². The van der Waals surface area contributed by atoms with Crippen LogP contribution in [0.15, 0.2) is 72.9 Å². The van der Waals surface area contributed by atoms with Crippen LogP contribution in [0, 0.1) is 0 Å². The molecule has 0 aromatic heterocycles. The Balaban J connectivity index is 3.99. The Bertz CT molecular complexity index is 1400. The zero-order chi connectivity index (χ0) is 55.0. The predicted molar refractivity (Wildman–Crippen MR) is 330 cm³/mol. The summed E-state index contributed by atoms with van der Waals surface area (Å²) in [5.41, 5.74) is 0. The molecule has 0 saturated carbocycles. The molecule has 0 aliphatic heterocycles. The summed E-state index contributed by atoms with van der Waals surface area (Å²) in [7, 11) is 0. The Morgan fingerprint density at radius 2 is 0.513 bits per heavy atom.